The third-order valence-electron chi connectivity index (χ3n) is 8.83. The summed E-state index contributed by atoms with van der Waals surface area (Å²) < 4.78 is 0. The van der Waals surface area contributed by atoms with E-state index in [0.717, 1.165) is 6.07 Å². The molecule has 0 heterocycles. The SMILES string of the molecule is CN(C)c1cc(NC(=O)Nc2ccc(Cl)cc2[N+](=O)[O-])c(O)c2c1CC1CC3[C@H](N(C)C)C(O)=C(C(N)=O)C(=O)[C@@]3(O)C(O)=C1C2=O. The highest BCUT2D eigenvalue weighted by Gasteiger charge is 2.63. The summed E-state index contributed by atoms with van der Waals surface area (Å²) >= 11 is 5.84. The van der Waals surface area contributed by atoms with Crippen LogP contribution in [0.4, 0.5) is 27.5 Å². The molecule has 2 unspecified atom stereocenters. The van der Waals surface area contributed by atoms with Crippen molar-refractivity contribution in [1.82, 2.24) is 4.90 Å². The van der Waals surface area contributed by atoms with Gasteiger partial charge in [0.2, 0.25) is 5.78 Å². The summed E-state index contributed by atoms with van der Waals surface area (Å²) in [6, 6.07) is 2.82. The van der Waals surface area contributed by atoms with E-state index in [0.29, 0.717) is 11.3 Å². The number of Topliss-reactive ketones (excluding diaryl/α,β-unsaturated/α-hetero) is 2. The van der Waals surface area contributed by atoms with Crippen LogP contribution >= 0.6 is 11.6 Å². The van der Waals surface area contributed by atoms with Crippen LogP contribution in [0.25, 0.3) is 0 Å². The van der Waals surface area contributed by atoms with Crippen molar-refractivity contribution in [3.8, 4) is 5.75 Å². The van der Waals surface area contributed by atoms with Gasteiger partial charge in [-0.25, -0.2) is 4.79 Å². The van der Waals surface area contributed by atoms with Crippen LogP contribution < -0.4 is 21.3 Å². The van der Waals surface area contributed by atoms with Crippen molar-refractivity contribution in [3.05, 3.63) is 73.2 Å². The third kappa shape index (κ3) is 5.10. The van der Waals surface area contributed by atoms with Gasteiger partial charge in [-0.2, -0.15) is 0 Å². The number of carbonyl (C=O) groups excluding carboxylic acids is 4. The predicted octanol–water partition coefficient (Wildman–Crippen LogP) is 2.39. The van der Waals surface area contributed by atoms with Crippen molar-refractivity contribution in [2.45, 2.75) is 24.5 Å². The molecule has 0 saturated heterocycles. The largest absolute Gasteiger partial charge is 0.510 e. The summed E-state index contributed by atoms with van der Waals surface area (Å²) in [7, 11) is 6.36. The molecule has 0 radical (unpaired) electrons. The molecule has 2 aromatic rings. The van der Waals surface area contributed by atoms with Crippen molar-refractivity contribution in [3.63, 3.8) is 0 Å². The summed E-state index contributed by atoms with van der Waals surface area (Å²) in [6.45, 7) is 0. The molecule has 0 saturated carbocycles. The standard InChI is InChI=1S/C30H31ClN6O10/c1-35(2)17-10-16(34-29(44)33-15-6-5-12(31)9-18(15)37(46)47)23(38)20-13(17)7-11-8-14-22(36(3)4)25(40)21(28(32)43)27(42)30(14,45)26(41)19(11)24(20)39/h5-6,9-11,14,22,38,40-41,45H,7-8H2,1-4H3,(H2,32,43)(H2,33,34,44)/t11?,14?,22-,30-/m0/s1. The Balaban J connectivity index is 1.61. The van der Waals surface area contributed by atoms with Gasteiger partial charge in [0.25, 0.3) is 11.6 Å². The average Bonchev–Trinajstić information content (AvgIpc) is 2.96. The van der Waals surface area contributed by atoms with Crippen LogP contribution in [0.3, 0.4) is 0 Å². The van der Waals surface area contributed by atoms with Crippen LogP contribution in [0.1, 0.15) is 22.3 Å². The number of nitrogens with zero attached hydrogens (tertiary/aromatic N) is 3. The lowest BCUT2D eigenvalue weighted by Crippen LogP contribution is -2.63. The number of hydrogen-bond donors (Lipinski definition) is 7. The topological polar surface area (TPSA) is 249 Å². The molecule has 0 spiro atoms. The first-order valence-corrected chi connectivity index (χ1v) is 14.5. The number of ketones is 2. The van der Waals surface area contributed by atoms with Gasteiger partial charge in [-0.15, -0.1) is 0 Å². The molecule has 17 heteroatoms. The molecular weight excluding hydrogens is 640 g/mol. The summed E-state index contributed by atoms with van der Waals surface area (Å²) in [6.07, 6.45) is -0.0687. The number of anilines is 3. The van der Waals surface area contributed by atoms with E-state index in [-0.39, 0.29) is 40.4 Å². The van der Waals surface area contributed by atoms with Gasteiger partial charge in [0.05, 0.1) is 22.2 Å². The fourth-order valence-electron chi connectivity index (χ4n) is 6.83. The Morgan fingerprint density at radius 3 is 2.30 bits per heavy atom. The Morgan fingerprint density at radius 2 is 1.72 bits per heavy atom. The van der Waals surface area contributed by atoms with Gasteiger partial charge in [0, 0.05) is 42.4 Å². The lowest BCUT2D eigenvalue weighted by molar-refractivity contribution is -0.383. The number of nitro benzene ring substituents is 1. The number of aromatic hydroxyl groups is 1. The van der Waals surface area contributed by atoms with Crippen LogP contribution in [0.15, 0.2) is 46.9 Å². The maximum absolute atomic E-state index is 14.2. The van der Waals surface area contributed by atoms with Crippen molar-refractivity contribution in [1.29, 1.82) is 0 Å². The Hall–Kier alpha value is -5.19. The van der Waals surface area contributed by atoms with Gasteiger partial charge in [0.15, 0.2) is 17.1 Å². The van der Waals surface area contributed by atoms with E-state index in [1.807, 2.05) is 0 Å². The van der Waals surface area contributed by atoms with Gasteiger partial charge in [-0.1, -0.05) is 11.6 Å². The number of nitrogens with two attached hydrogens (primary N) is 1. The highest BCUT2D eigenvalue weighted by molar-refractivity contribution is 6.31. The summed E-state index contributed by atoms with van der Waals surface area (Å²) in [5.74, 6) is -8.06. The number of allylic oxidation sites excluding steroid dienone is 1. The smallest absolute Gasteiger partial charge is 0.323 e. The molecule has 47 heavy (non-hydrogen) atoms. The van der Waals surface area contributed by atoms with Crippen molar-refractivity contribution in [2.24, 2.45) is 17.6 Å². The van der Waals surface area contributed by atoms with Gasteiger partial charge in [0.1, 0.15) is 22.8 Å². The molecule has 16 nitrogen and oxygen atoms in total. The van der Waals surface area contributed by atoms with Crippen LogP contribution in [0, 0.1) is 22.0 Å². The van der Waals surface area contributed by atoms with E-state index >= 15 is 0 Å². The number of phenols is 1. The van der Waals surface area contributed by atoms with Crippen molar-refractivity contribution >= 4 is 57.9 Å². The molecule has 0 fully saturated rings. The predicted molar refractivity (Wildman–Crippen MR) is 169 cm³/mol. The highest BCUT2D eigenvalue weighted by atomic mass is 35.5. The number of aliphatic hydroxyl groups excluding tert-OH is 2. The fourth-order valence-corrected chi connectivity index (χ4v) is 7.00. The number of phenolic OH excluding ortho intramolecular Hbond substituents is 1. The number of benzene rings is 2. The number of aliphatic hydroxyl groups is 3. The number of nitrogens with one attached hydrogen (secondary N) is 2. The normalized spacial score (nSPS) is 23.6. The average molecular weight is 671 g/mol. The highest BCUT2D eigenvalue weighted by Crippen LogP contribution is 2.54. The number of likely N-dealkylation sites (N-methyl/N-ethyl adjacent to an activating group) is 1. The van der Waals surface area contributed by atoms with Gasteiger partial charge in [-0.3, -0.25) is 29.4 Å². The fraction of sp³-hybridized carbons (Fsp3) is 0.333. The zero-order chi connectivity index (χ0) is 34.9. The van der Waals surface area contributed by atoms with E-state index in [4.69, 9.17) is 17.3 Å². The van der Waals surface area contributed by atoms with Crippen LogP contribution in [0.2, 0.25) is 5.02 Å². The number of urea groups is 1. The second kappa shape index (κ2) is 11.6. The maximum Gasteiger partial charge on any atom is 0.323 e. The molecule has 3 amide bonds. The molecule has 5 rings (SSSR count). The zero-order valence-electron chi connectivity index (χ0n) is 25.5. The first kappa shape index (κ1) is 33.2. The molecule has 4 atom stereocenters. The molecule has 0 aromatic heterocycles. The number of primary amides is 1. The first-order chi connectivity index (χ1) is 21.9. The molecule has 2 aromatic carbocycles. The third-order valence-corrected chi connectivity index (χ3v) is 9.07. The number of rotatable bonds is 6. The van der Waals surface area contributed by atoms with Crippen LogP contribution in [-0.2, 0) is 16.0 Å². The van der Waals surface area contributed by atoms with E-state index in [1.54, 1.807) is 19.0 Å². The number of nitro groups is 1. The molecular formula is C30H31ClN6O10. The monoisotopic (exact) mass is 670 g/mol. The summed E-state index contributed by atoms with van der Waals surface area (Å²) in [5, 5.41) is 61.8. The second-order valence-corrected chi connectivity index (χ2v) is 12.4. The quantitative estimate of drug-likeness (QED) is 0.101. The minimum atomic E-state index is -2.81. The lowest BCUT2D eigenvalue weighted by atomic mass is 9.58. The summed E-state index contributed by atoms with van der Waals surface area (Å²) in [5.41, 5.74) is 0.692. The van der Waals surface area contributed by atoms with E-state index in [1.165, 1.54) is 37.2 Å². The van der Waals surface area contributed by atoms with E-state index in [9.17, 15) is 49.7 Å². The molecule has 0 bridgehead atoms. The number of amides is 3. The van der Waals surface area contributed by atoms with Gasteiger partial charge >= 0.3 is 6.03 Å². The minimum Gasteiger partial charge on any atom is -0.510 e. The van der Waals surface area contributed by atoms with Crippen LogP contribution in [-0.4, -0.2) is 93.6 Å². The zero-order valence-corrected chi connectivity index (χ0v) is 26.2. The lowest BCUT2D eigenvalue weighted by Gasteiger charge is -2.50. The molecule has 248 valence electrons. The Bertz CT molecular complexity index is 1850. The molecule has 3 aliphatic rings. The van der Waals surface area contributed by atoms with Gasteiger partial charge in [-0.05, 0) is 56.6 Å². The van der Waals surface area contributed by atoms with E-state index in [2.05, 4.69) is 10.6 Å². The van der Waals surface area contributed by atoms with Crippen LogP contribution in [0.5, 0.6) is 5.75 Å². The summed E-state index contributed by atoms with van der Waals surface area (Å²) in [4.78, 5) is 66.6. The first-order valence-electron chi connectivity index (χ1n) is 14.1. The number of fused-ring (bicyclic) bond motifs is 3. The number of halogens is 1. The number of hydrogen-bond acceptors (Lipinski definition) is 12. The molecule has 0 aliphatic heterocycles. The molecule has 8 N–H and O–H groups in total. The maximum atomic E-state index is 14.2. The van der Waals surface area contributed by atoms with Crippen molar-refractivity contribution in [2.75, 3.05) is 43.7 Å². The molecule has 3 aliphatic carbocycles. The Kier molecular flexibility index (Phi) is 8.16. The second-order valence-electron chi connectivity index (χ2n) is 12.0. The number of carbonyl (C=O) groups is 4. The van der Waals surface area contributed by atoms with Gasteiger partial charge < -0.3 is 41.7 Å². The van der Waals surface area contributed by atoms with Crippen molar-refractivity contribution < 1.29 is 44.5 Å². The Labute approximate surface area is 271 Å². The Morgan fingerprint density at radius 1 is 1.09 bits per heavy atom. The minimum absolute atomic E-state index is 0.0268. The van der Waals surface area contributed by atoms with E-state index < -0.39 is 80.4 Å².